The quantitative estimate of drug-likeness (QED) is 0.257. The second-order valence-corrected chi connectivity index (χ2v) is 12.5. The summed E-state index contributed by atoms with van der Waals surface area (Å²) in [6.45, 7) is 8.91. The molecule has 0 bridgehead atoms. The minimum Gasteiger partial charge on any atom is -0.431 e. The van der Waals surface area contributed by atoms with Crippen LogP contribution in [0.4, 0.5) is 10.5 Å². The molecule has 1 amide bonds. The number of carbonyl (C=O) groups excluding carboxylic acids is 3. The summed E-state index contributed by atoms with van der Waals surface area (Å²) in [4.78, 5) is 45.2. The molecule has 1 aromatic heterocycles. The Morgan fingerprint density at radius 1 is 0.925 bits per heavy atom. The molecule has 1 unspecified atom stereocenters. The molecular weight excluding hydrogens is 528 g/mol. The van der Waals surface area contributed by atoms with E-state index in [1.54, 1.807) is 13.8 Å². The van der Waals surface area contributed by atoms with Crippen molar-refractivity contribution in [3.05, 3.63) is 41.3 Å². The SMILES string of the molecule is CC1CCC(C(=O)N(c2cc(-c3ccccc3)sc2C(=O)OC(C)OC(=O)OC(C)C)C2CCN(C)CC2)CC1. The van der Waals surface area contributed by atoms with E-state index in [9.17, 15) is 14.4 Å². The van der Waals surface area contributed by atoms with Crippen molar-refractivity contribution >= 4 is 35.1 Å². The van der Waals surface area contributed by atoms with E-state index >= 15 is 0 Å². The first-order chi connectivity index (χ1) is 19.1. The molecule has 8 nitrogen and oxygen atoms in total. The average molecular weight is 571 g/mol. The normalized spacial score (nSPS) is 21.1. The first kappa shape index (κ1) is 30.1. The van der Waals surface area contributed by atoms with Gasteiger partial charge in [0, 0.05) is 23.8 Å². The van der Waals surface area contributed by atoms with Crippen LogP contribution >= 0.6 is 11.3 Å². The highest BCUT2D eigenvalue weighted by atomic mass is 32.1. The van der Waals surface area contributed by atoms with Crippen LogP contribution in [0, 0.1) is 11.8 Å². The smallest absolute Gasteiger partial charge is 0.431 e. The first-order valence-electron chi connectivity index (χ1n) is 14.4. The summed E-state index contributed by atoms with van der Waals surface area (Å²) in [6, 6.07) is 11.8. The second-order valence-electron chi connectivity index (χ2n) is 11.4. The predicted molar refractivity (Wildman–Crippen MR) is 156 cm³/mol. The van der Waals surface area contributed by atoms with Crippen LogP contribution in [0.1, 0.15) is 75.9 Å². The lowest BCUT2D eigenvalue weighted by molar-refractivity contribution is -0.124. The van der Waals surface area contributed by atoms with Crippen molar-refractivity contribution in [3.63, 3.8) is 0 Å². The molecule has 2 heterocycles. The highest BCUT2D eigenvalue weighted by molar-refractivity contribution is 7.18. The fourth-order valence-electron chi connectivity index (χ4n) is 5.49. The van der Waals surface area contributed by atoms with Crippen LogP contribution in [0.5, 0.6) is 0 Å². The lowest BCUT2D eigenvalue weighted by atomic mass is 9.82. The molecule has 218 valence electrons. The summed E-state index contributed by atoms with van der Waals surface area (Å²) < 4.78 is 15.7. The van der Waals surface area contributed by atoms with E-state index in [0.717, 1.165) is 62.1 Å². The largest absolute Gasteiger partial charge is 0.511 e. The van der Waals surface area contributed by atoms with E-state index in [1.807, 2.05) is 41.3 Å². The first-order valence-corrected chi connectivity index (χ1v) is 15.2. The number of rotatable bonds is 8. The number of benzene rings is 1. The van der Waals surface area contributed by atoms with Crippen LogP contribution in [-0.2, 0) is 19.0 Å². The Bertz CT molecular complexity index is 1150. The lowest BCUT2D eigenvalue weighted by Gasteiger charge is -2.40. The molecule has 1 saturated heterocycles. The van der Waals surface area contributed by atoms with Gasteiger partial charge in [-0.3, -0.25) is 4.79 Å². The molecule has 1 saturated carbocycles. The topological polar surface area (TPSA) is 85.4 Å². The summed E-state index contributed by atoms with van der Waals surface area (Å²) in [5.74, 6) is 0.0293. The maximum absolute atomic E-state index is 14.3. The highest BCUT2D eigenvalue weighted by Crippen LogP contribution is 2.41. The van der Waals surface area contributed by atoms with E-state index in [4.69, 9.17) is 14.2 Å². The zero-order valence-corrected chi connectivity index (χ0v) is 25.1. The third-order valence-electron chi connectivity index (χ3n) is 7.74. The highest BCUT2D eigenvalue weighted by Gasteiger charge is 2.37. The Balaban J connectivity index is 1.69. The Morgan fingerprint density at radius 2 is 1.57 bits per heavy atom. The van der Waals surface area contributed by atoms with Crippen LogP contribution in [0.25, 0.3) is 10.4 Å². The van der Waals surface area contributed by atoms with Gasteiger partial charge in [0.2, 0.25) is 12.2 Å². The number of anilines is 1. The van der Waals surface area contributed by atoms with Gasteiger partial charge in [0.15, 0.2) is 0 Å². The summed E-state index contributed by atoms with van der Waals surface area (Å²) in [7, 11) is 2.09. The molecule has 9 heteroatoms. The number of nitrogens with zero attached hydrogens (tertiary/aromatic N) is 2. The zero-order chi connectivity index (χ0) is 28.8. The van der Waals surface area contributed by atoms with Gasteiger partial charge in [-0.05, 0) is 90.1 Å². The summed E-state index contributed by atoms with van der Waals surface area (Å²) >= 11 is 1.30. The van der Waals surface area contributed by atoms with Gasteiger partial charge in [-0.25, -0.2) is 9.59 Å². The predicted octanol–water partition coefficient (Wildman–Crippen LogP) is 6.73. The lowest BCUT2D eigenvalue weighted by Crippen LogP contribution is -2.49. The molecule has 0 spiro atoms. The summed E-state index contributed by atoms with van der Waals surface area (Å²) in [6.07, 6.45) is 3.04. The number of ether oxygens (including phenoxy) is 3. The van der Waals surface area contributed by atoms with Crippen molar-refractivity contribution in [2.24, 2.45) is 11.8 Å². The number of carbonyl (C=O) groups is 3. The van der Waals surface area contributed by atoms with Crippen molar-refractivity contribution in [3.8, 4) is 10.4 Å². The van der Waals surface area contributed by atoms with Crippen LogP contribution < -0.4 is 4.90 Å². The average Bonchev–Trinajstić information content (AvgIpc) is 3.35. The maximum atomic E-state index is 14.3. The Hall–Kier alpha value is -2.91. The van der Waals surface area contributed by atoms with Crippen LogP contribution in [0.15, 0.2) is 36.4 Å². The van der Waals surface area contributed by atoms with Gasteiger partial charge in [0.25, 0.3) is 0 Å². The summed E-state index contributed by atoms with van der Waals surface area (Å²) in [5, 5.41) is 0. The number of piperidine rings is 1. The molecule has 1 aliphatic carbocycles. The van der Waals surface area contributed by atoms with Crippen molar-refractivity contribution in [2.45, 2.75) is 84.7 Å². The Labute approximate surface area is 241 Å². The van der Waals surface area contributed by atoms with Gasteiger partial charge >= 0.3 is 12.1 Å². The fraction of sp³-hybridized carbons (Fsp3) is 0.581. The van der Waals surface area contributed by atoms with Gasteiger partial charge in [-0.2, -0.15) is 0 Å². The summed E-state index contributed by atoms with van der Waals surface area (Å²) in [5.41, 5.74) is 1.55. The van der Waals surface area contributed by atoms with E-state index in [0.29, 0.717) is 16.5 Å². The standard InChI is InChI=1S/C31H42N2O6S/c1-20(2)37-31(36)39-22(4)38-30(35)28-26(19-27(40-28)23-9-7-6-8-10-23)33(25-15-17-32(5)18-16-25)29(34)24-13-11-21(3)12-14-24/h6-10,19-22,24-25H,11-18H2,1-5H3. The van der Waals surface area contributed by atoms with E-state index in [1.165, 1.54) is 18.3 Å². The second kappa shape index (κ2) is 13.6. The molecule has 0 N–H and O–H groups in total. The van der Waals surface area contributed by atoms with E-state index in [2.05, 4.69) is 18.9 Å². The van der Waals surface area contributed by atoms with Crippen molar-refractivity contribution in [2.75, 3.05) is 25.0 Å². The van der Waals surface area contributed by atoms with Crippen LogP contribution in [0.2, 0.25) is 0 Å². The number of hydrogen-bond donors (Lipinski definition) is 0. The molecule has 4 rings (SSSR count). The minimum absolute atomic E-state index is 0.0116. The number of esters is 1. The molecule has 40 heavy (non-hydrogen) atoms. The van der Waals surface area contributed by atoms with E-state index in [-0.39, 0.29) is 24.0 Å². The van der Waals surface area contributed by atoms with Crippen LogP contribution in [-0.4, -0.2) is 61.5 Å². The Kier molecular flexibility index (Phi) is 10.2. The molecule has 1 atom stereocenters. The molecule has 1 aromatic carbocycles. The van der Waals surface area contributed by atoms with Gasteiger partial charge in [0.05, 0.1) is 11.8 Å². The Morgan fingerprint density at radius 3 is 2.20 bits per heavy atom. The zero-order valence-electron chi connectivity index (χ0n) is 24.3. The minimum atomic E-state index is -1.15. The van der Waals surface area contributed by atoms with Gasteiger partial charge in [0.1, 0.15) is 4.88 Å². The van der Waals surface area contributed by atoms with Crippen molar-refractivity contribution in [1.29, 1.82) is 0 Å². The van der Waals surface area contributed by atoms with E-state index < -0.39 is 18.4 Å². The molecule has 2 aromatic rings. The molecule has 0 radical (unpaired) electrons. The van der Waals surface area contributed by atoms with Crippen molar-refractivity contribution in [1.82, 2.24) is 4.90 Å². The number of hydrogen-bond acceptors (Lipinski definition) is 8. The van der Waals surface area contributed by atoms with Gasteiger partial charge in [-0.15, -0.1) is 11.3 Å². The molecular formula is C31H42N2O6S. The number of likely N-dealkylation sites (tertiary alicyclic amines) is 1. The number of amides is 1. The van der Waals surface area contributed by atoms with Crippen LogP contribution in [0.3, 0.4) is 0 Å². The molecule has 2 aliphatic rings. The van der Waals surface area contributed by atoms with Gasteiger partial charge in [-0.1, -0.05) is 37.3 Å². The fourth-order valence-corrected chi connectivity index (χ4v) is 6.53. The van der Waals surface area contributed by atoms with Gasteiger partial charge < -0.3 is 24.0 Å². The third-order valence-corrected chi connectivity index (χ3v) is 8.89. The number of thiophene rings is 1. The maximum Gasteiger partial charge on any atom is 0.511 e. The van der Waals surface area contributed by atoms with Crippen molar-refractivity contribution < 1.29 is 28.6 Å². The molecule has 2 fully saturated rings. The molecule has 1 aliphatic heterocycles. The monoisotopic (exact) mass is 570 g/mol. The third kappa shape index (κ3) is 7.63.